The van der Waals surface area contributed by atoms with E-state index in [9.17, 15) is 0 Å². The monoisotopic (exact) mass is 240 g/mol. The van der Waals surface area contributed by atoms with Crippen molar-refractivity contribution in [1.29, 1.82) is 0 Å². The van der Waals surface area contributed by atoms with Crippen molar-refractivity contribution in [3.63, 3.8) is 0 Å². The third-order valence-corrected chi connectivity index (χ3v) is 3.33. The molecule has 16 heavy (non-hydrogen) atoms. The number of benzene rings is 1. The predicted octanol–water partition coefficient (Wildman–Crippen LogP) is 3.07. The zero-order chi connectivity index (χ0) is 10.7. The summed E-state index contributed by atoms with van der Waals surface area (Å²) in [5, 5.41) is 0. The lowest BCUT2D eigenvalue weighted by atomic mass is 10.1. The molecule has 2 N–H and O–H groups in total. The average molecular weight is 241 g/mol. The molecule has 1 aliphatic rings. The first kappa shape index (κ1) is 13.3. The van der Waals surface area contributed by atoms with E-state index < -0.39 is 0 Å². The summed E-state index contributed by atoms with van der Waals surface area (Å²) in [4.78, 5) is 2.46. The molecule has 0 radical (unpaired) electrons. The normalized spacial score (nSPS) is 16.4. The van der Waals surface area contributed by atoms with Crippen molar-refractivity contribution >= 4 is 18.1 Å². The molecule has 0 saturated heterocycles. The van der Waals surface area contributed by atoms with Crippen LogP contribution in [0, 0.1) is 0 Å². The molecule has 0 bridgehead atoms. The van der Waals surface area contributed by atoms with Crippen LogP contribution in [0.25, 0.3) is 0 Å². The van der Waals surface area contributed by atoms with Gasteiger partial charge in [0.2, 0.25) is 0 Å². The molecule has 1 fully saturated rings. The number of nitrogens with zero attached hydrogens (tertiary/aromatic N) is 1. The van der Waals surface area contributed by atoms with Crippen LogP contribution in [0.1, 0.15) is 31.2 Å². The van der Waals surface area contributed by atoms with Crippen molar-refractivity contribution in [1.82, 2.24) is 4.90 Å². The Balaban J connectivity index is 0.00000128. The number of hydrogen-bond donors (Lipinski definition) is 1. The van der Waals surface area contributed by atoms with Gasteiger partial charge < -0.3 is 5.73 Å². The maximum absolute atomic E-state index is 5.77. The summed E-state index contributed by atoms with van der Waals surface area (Å²) in [6.45, 7) is 1.02. The van der Waals surface area contributed by atoms with E-state index in [2.05, 4.69) is 24.1 Å². The van der Waals surface area contributed by atoms with Crippen LogP contribution in [-0.4, -0.2) is 18.0 Å². The van der Waals surface area contributed by atoms with Gasteiger partial charge in [-0.3, -0.25) is 4.90 Å². The molecule has 1 aromatic rings. The maximum Gasteiger partial charge on any atom is 0.0317 e. The zero-order valence-corrected chi connectivity index (χ0v) is 10.7. The Labute approximate surface area is 104 Å². The Kier molecular flexibility index (Phi) is 5.10. The quantitative estimate of drug-likeness (QED) is 0.823. The minimum absolute atomic E-state index is 0. The van der Waals surface area contributed by atoms with E-state index in [0.717, 1.165) is 18.3 Å². The first-order chi connectivity index (χ1) is 7.25. The molecule has 0 unspecified atom stereocenters. The molecule has 1 saturated carbocycles. The summed E-state index contributed by atoms with van der Waals surface area (Å²) >= 11 is 0. The van der Waals surface area contributed by atoms with Gasteiger partial charge in [-0.2, -0.15) is 0 Å². The highest BCUT2D eigenvalue weighted by Gasteiger charge is 2.19. The summed E-state index contributed by atoms with van der Waals surface area (Å²) in [7, 11) is 2.22. The number of nitrogen functional groups attached to an aromatic ring is 1. The molecular formula is C13H21ClN2. The molecular weight excluding hydrogens is 220 g/mol. The second-order valence-electron chi connectivity index (χ2n) is 4.60. The molecule has 90 valence electrons. The van der Waals surface area contributed by atoms with Gasteiger partial charge in [-0.1, -0.05) is 25.0 Å². The highest BCUT2D eigenvalue weighted by Crippen LogP contribution is 2.23. The Morgan fingerprint density at radius 3 is 2.62 bits per heavy atom. The van der Waals surface area contributed by atoms with Gasteiger partial charge in [0.15, 0.2) is 0 Å². The van der Waals surface area contributed by atoms with Crippen LogP contribution in [0.15, 0.2) is 24.3 Å². The van der Waals surface area contributed by atoms with Crippen LogP contribution in [0.3, 0.4) is 0 Å². The van der Waals surface area contributed by atoms with Crippen LogP contribution in [-0.2, 0) is 6.54 Å². The van der Waals surface area contributed by atoms with Gasteiger partial charge >= 0.3 is 0 Å². The second-order valence-corrected chi connectivity index (χ2v) is 4.60. The minimum atomic E-state index is 0. The predicted molar refractivity (Wildman–Crippen MR) is 71.8 cm³/mol. The number of hydrogen-bond acceptors (Lipinski definition) is 2. The van der Waals surface area contributed by atoms with Crippen LogP contribution in [0.2, 0.25) is 0 Å². The van der Waals surface area contributed by atoms with E-state index in [1.54, 1.807) is 0 Å². The van der Waals surface area contributed by atoms with E-state index in [1.165, 1.54) is 31.2 Å². The molecule has 0 aliphatic heterocycles. The van der Waals surface area contributed by atoms with E-state index >= 15 is 0 Å². The smallest absolute Gasteiger partial charge is 0.0317 e. The number of anilines is 1. The van der Waals surface area contributed by atoms with Crippen LogP contribution < -0.4 is 5.73 Å². The van der Waals surface area contributed by atoms with Gasteiger partial charge in [0.05, 0.1) is 0 Å². The van der Waals surface area contributed by atoms with E-state index in [4.69, 9.17) is 5.73 Å². The number of halogens is 1. The van der Waals surface area contributed by atoms with Gasteiger partial charge in [0, 0.05) is 18.3 Å². The zero-order valence-electron chi connectivity index (χ0n) is 9.86. The standard InChI is InChI=1S/C13H20N2.ClH/c1-15(13-7-2-3-8-13)10-11-5-4-6-12(14)9-11;/h4-6,9,13H,2-3,7-8,10,14H2,1H3;1H. The molecule has 0 spiro atoms. The summed E-state index contributed by atoms with van der Waals surface area (Å²) in [6, 6.07) is 8.99. The Morgan fingerprint density at radius 2 is 2.00 bits per heavy atom. The molecule has 0 amide bonds. The van der Waals surface area contributed by atoms with Gasteiger partial charge in [-0.15, -0.1) is 12.4 Å². The number of rotatable bonds is 3. The van der Waals surface area contributed by atoms with Gasteiger partial charge in [-0.25, -0.2) is 0 Å². The summed E-state index contributed by atoms with van der Waals surface area (Å²) in [5.41, 5.74) is 7.96. The van der Waals surface area contributed by atoms with Crippen molar-refractivity contribution in [2.45, 2.75) is 38.3 Å². The Bertz CT molecular complexity index is 321. The lowest BCUT2D eigenvalue weighted by Crippen LogP contribution is -2.28. The van der Waals surface area contributed by atoms with Crippen LogP contribution in [0.4, 0.5) is 5.69 Å². The fourth-order valence-electron chi connectivity index (χ4n) is 2.45. The highest BCUT2D eigenvalue weighted by molar-refractivity contribution is 5.85. The van der Waals surface area contributed by atoms with Crippen LogP contribution >= 0.6 is 12.4 Å². The third-order valence-electron chi connectivity index (χ3n) is 3.33. The van der Waals surface area contributed by atoms with Gasteiger partial charge in [0.25, 0.3) is 0 Å². The Morgan fingerprint density at radius 1 is 1.31 bits per heavy atom. The molecule has 3 heteroatoms. The van der Waals surface area contributed by atoms with E-state index in [0.29, 0.717) is 0 Å². The van der Waals surface area contributed by atoms with Gasteiger partial charge in [-0.05, 0) is 37.6 Å². The first-order valence-electron chi connectivity index (χ1n) is 5.80. The lowest BCUT2D eigenvalue weighted by molar-refractivity contribution is 0.237. The van der Waals surface area contributed by atoms with E-state index in [-0.39, 0.29) is 12.4 Å². The summed E-state index contributed by atoms with van der Waals surface area (Å²) in [5.74, 6) is 0. The highest BCUT2D eigenvalue weighted by atomic mass is 35.5. The molecule has 1 aliphatic carbocycles. The van der Waals surface area contributed by atoms with Crippen LogP contribution in [0.5, 0.6) is 0 Å². The van der Waals surface area contributed by atoms with Crippen molar-refractivity contribution in [3.05, 3.63) is 29.8 Å². The van der Waals surface area contributed by atoms with E-state index in [1.807, 2.05) is 12.1 Å². The Hall–Kier alpha value is -0.730. The summed E-state index contributed by atoms with van der Waals surface area (Å²) in [6.07, 6.45) is 5.51. The fourth-order valence-corrected chi connectivity index (χ4v) is 2.45. The molecule has 2 nitrogen and oxygen atoms in total. The molecule has 0 atom stereocenters. The molecule has 1 aromatic carbocycles. The van der Waals surface area contributed by atoms with Crippen molar-refractivity contribution in [3.8, 4) is 0 Å². The fraction of sp³-hybridized carbons (Fsp3) is 0.538. The lowest BCUT2D eigenvalue weighted by Gasteiger charge is -2.24. The van der Waals surface area contributed by atoms with Crippen molar-refractivity contribution in [2.75, 3.05) is 12.8 Å². The largest absolute Gasteiger partial charge is 0.399 e. The molecule has 0 aromatic heterocycles. The second kappa shape index (κ2) is 6.12. The number of nitrogens with two attached hydrogens (primary N) is 1. The topological polar surface area (TPSA) is 29.3 Å². The average Bonchev–Trinajstić information content (AvgIpc) is 2.70. The summed E-state index contributed by atoms with van der Waals surface area (Å²) < 4.78 is 0. The maximum atomic E-state index is 5.77. The first-order valence-corrected chi connectivity index (χ1v) is 5.80. The SMILES string of the molecule is CN(Cc1cccc(N)c1)C1CCCC1.Cl. The molecule has 0 heterocycles. The minimum Gasteiger partial charge on any atom is -0.399 e. The third kappa shape index (κ3) is 3.39. The van der Waals surface area contributed by atoms with Gasteiger partial charge in [0.1, 0.15) is 0 Å². The molecule has 2 rings (SSSR count). The van der Waals surface area contributed by atoms with Crippen molar-refractivity contribution in [2.24, 2.45) is 0 Å². The van der Waals surface area contributed by atoms with Crippen molar-refractivity contribution < 1.29 is 0 Å².